The lowest BCUT2D eigenvalue weighted by Crippen LogP contribution is -2.38. The van der Waals surface area contributed by atoms with E-state index in [4.69, 9.17) is 4.74 Å². The lowest BCUT2D eigenvalue weighted by molar-refractivity contribution is -0.152. The number of ether oxygens (including phenoxy) is 1. The molecule has 0 spiro atoms. The molecule has 0 radical (unpaired) electrons. The SMILES string of the molecule is CCC(C(=O)c1ccc(F)cc1)[C@H](C)Cc1cc(C)c(OC(C)(C)C(=O)O)c(C)c1. The molecule has 30 heavy (non-hydrogen) atoms. The van der Waals surface area contributed by atoms with Gasteiger partial charge in [0.1, 0.15) is 11.6 Å². The smallest absolute Gasteiger partial charge is 0.347 e. The molecule has 2 aromatic rings. The number of ketones is 1. The van der Waals surface area contributed by atoms with E-state index in [0.717, 1.165) is 16.7 Å². The minimum atomic E-state index is -1.32. The highest BCUT2D eigenvalue weighted by atomic mass is 19.1. The first-order valence-corrected chi connectivity index (χ1v) is 10.3. The van der Waals surface area contributed by atoms with Gasteiger partial charge < -0.3 is 9.84 Å². The summed E-state index contributed by atoms with van der Waals surface area (Å²) in [6.45, 7) is 10.9. The van der Waals surface area contributed by atoms with Gasteiger partial charge in [0, 0.05) is 11.5 Å². The fourth-order valence-electron chi connectivity index (χ4n) is 3.81. The Bertz CT molecular complexity index is 892. The lowest BCUT2D eigenvalue weighted by Gasteiger charge is -2.26. The molecule has 1 N–H and O–H groups in total. The van der Waals surface area contributed by atoms with E-state index in [1.165, 1.54) is 38.1 Å². The Balaban J connectivity index is 2.20. The molecule has 0 saturated heterocycles. The Hall–Kier alpha value is -2.69. The Morgan fingerprint density at radius 1 is 1.10 bits per heavy atom. The van der Waals surface area contributed by atoms with E-state index < -0.39 is 11.6 Å². The number of aliphatic carboxylic acids is 1. The highest BCUT2D eigenvalue weighted by Crippen LogP contribution is 2.31. The molecule has 0 aliphatic carbocycles. The largest absolute Gasteiger partial charge is 0.478 e. The van der Waals surface area contributed by atoms with Gasteiger partial charge in [-0.25, -0.2) is 9.18 Å². The number of rotatable bonds is 9. The van der Waals surface area contributed by atoms with E-state index >= 15 is 0 Å². The van der Waals surface area contributed by atoms with Crippen molar-refractivity contribution in [3.05, 3.63) is 64.5 Å². The summed E-state index contributed by atoms with van der Waals surface area (Å²) < 4.78 is 19.0. The van der Waals surface area contributed by atoms with Crippen LogP contribution >= 0.6 is 0 Å². The number of carboxylic acids is 1. The fourth-order valence-corrected chi connectivity index (χ4v) is 3.81. The van der Waals surface area contributed by atoms with Crippen molar-refractivity contribution in [1.82, 2.24) is 0 Å². The van der Waals surface area contributed by atoms with Gasteiger partial charge in [-0.3, -0.25) is 4.79 Å². The predicted molar refractivity (Wildman–Crippen MR) is 116 cm³/mol. The Kier molecular flexibility index (Phi) is 7.40. The van der Waals surface area contributed by atoms with E-state index in [1.54, 1.807) is 0 Å². The molecular weight excluding hydrogens is 383 g/mol. The highest BCUT2D eigenvalue weighted by Gasteiger charge is 2.31. The van der Waals surface area contributed by atoms with E-state index in [2.05, 4.69) is 6.92 Å². The summed E-state index contributed by atoms with van der Waals surface area (Å²) in [5, 5.41) is 9.33. The van der Waals surface area contributed by atoms with Gasteiger partial charge in [-0.15, -0.1) is 0 Å². The van der Waals surface area contributed by atoms with Crippen LogP contribution in [0.3, 0.4) is 0 Å². The van der Waals surface area contributed by atoms with Gasteiger partial charge in [-0.2, -0.15) is 0 Å². The fraction of sp³-hybridized carbons (Fsp3) is 0.440. The zero-order valence-corrected chi connectivity index (χ0v) is 18.6. The third-order valence-corrected chi connectivity index (χ3v) is 5.54. The first-order valence-electron chi connectivity index (χ1n) is 10.3. The number of benzene rings is 2. The van der Waals surface area contributed by atoms with Crippen molar-refractivity contribution in [2.45, 2.75) is 60.0 Å². The summed E-state index contributed by atoms with van der Waals surface area (Å²) in [5.74, 6) is -0.850. The van der Waals surface area contributed by atoms with Gasteiger partial charge >= 0.3 is 5.97 Å². The van der Waals surface area contributed by atoms with Crippen LogP contribution in [-0.4, -0.2) is 22.5 Å². The Morgan fingerprint density at radius 3 is 2.10 bits per heavy atom. The number of carbonyl (C=O) groups excluding carboxylic acids is 1. The third-order valence-electron chi connectivity index (χ3n) is 5.54. The van der Waals surface area contributed by atoms with Crippen LogP contribution < -0.4 is 4.74 Å². The standard InChI is InChI=1S/C25H31FO4/c1-7-21(22(27)19-8-10-20(26)11-9-19)15(2)12-18-13-16(3)23(17(4)14-18)30-25(5,6)24(28)29/h8-11,13-15,21H,7,12H2,1-6H3,(H,28,29)/t15-,21?/m1/s1. The van der Waals surface area contributed by atoms with Gasteiger partial charge in [-0.1, -0.05) is 26.0 Å². The zero-order valence-electron chi connectivity index (χ0n) is 18.6. The van der Waals surface area contributed by atoms with Crippen LogP contribution in [0.4, 0.5) is 4.39 Å². The van der Waals surface area contributed by atoms with Crippen LogP contribution in [-0.2, 0) is 11.2 Å². The predicted octanol–water partition coefficient (Wildman–Crippen LogP) is 5.77. The van der Waals surface area contributed by atoms with Gasteiger partial charge in [0.2, 0.25) is 0 Å². The molecule has 0 fully saturated rings. The van der Waals surface area contributed by atoms with Crippen molar-refractivity contribution in [3.63, 3.8) is 0 Å². The molecule has 2 aromatic carbocycles. The number of carbonyl (C=O) groups is 2. The second kappa shape index (κ2) is 9.41. The maximum absolute atomic E-state index is 13.2. The molecule has 1 unspecified atom stereocenters. The third kappa shape index (κ3) is 5.47. The molecule has 5 heteroatoms. The van der Waals surface area contributed by atoms with Crippen molar-refractivity contribution in [3.8, 4) is 5.75 Å². The zero-order chi connectivity index (χ0) is 22.6. The molecular formula is C25H31FO4. The summed E-state index contributed by atoms with van der Waals surface area (Å²) in [4.78, 5) is 24.3. The molecule has 0 saturated carbocycles. The van der Waals surface area contributed by atoms with Crippen molar-refractivity contribution in [2.75, 3.05) is 0 Å². The van der Waals surface area contributed by atoms with Gasteiger partial charge in [-0.05, 0) is 87.4 Å². The van der Waals surface area contributed by atoms with Crippen LogP contribution in [0.15, 0.2) is 36.4 Å². The summed E-state index contributed by atoms with van der Waals surface area (Å²) >= 11 is 0. The normalized spacial score (nSPS) is 13.6. The van der Waals surface area contributed by atoms with E-state index in [1.807, 2.05) is 32.9 Å². The molecule has 2 atom stereocenters. The summed E-state index contributed by atoms with van der Waals surface area (Å²) in [6.07, 6.45) is 1.40. The molecule has 2 rings (SSSR count). The van der Waals surface area contributed by atoms with Crippen LogP contribution in [0.25, 0.3) is 0 Å². The maximum atomic E-state index is 13.2. The minimum absolute atomic E-state index is 0.0293. The van der Waals surface area contributed by atoms with E-state index in [9.17, 15) is 19.1 Å². The van der Waals surface area contributed by atoms with Gasteiger partial charge in [0.15, 0.2) is 11.4 Å². The summed E-state index contributed by atoms with van der Waals surface area (Å²) in [6, 6.07) is 9.69. The lowest BCUT2D eigenvalue weighted by atomic mass is 9.81. The van der Waals surface area contributed by atoms with Gasteiger partial charge in [0.05, 0.1) is 0 Å². The van der Waals surface area contributed by atoms with Crippen LogP contribution in [0.1, 0.15) is 61.2 Å². The Labute approximate surface area is 178 Å². The first kappa shape index (κ1) is 23.6. The molecule has 4 nitrogen and oxygen atoms in total. The first-order chi connectivity index (χ1) is 14.0. The number of aryl methyl sites for hydroxylation is 2. The van der Waals surface area contributed by atoms with Crippen molar-refractivity contribution in [1.29, 1.82) is 0 Å². The molecule has 0 bridgehead atoms. The number of carboxylic acid groups (broad SMARTS) is 1. The van der Waals surface area contributed by atoms with E-state index in [-0.39, 0.29) is 23.4 Å². The second-order valence-electron chi connectivity index (χ2n) is 8.54. The minimum Gasteiger partial charge on any atom is -0.478 e. The van der Waals surface area contributed by atoms with Crippen LogP contribution in [0.2, 0.25) is 0 Å². The number of Topliss-reactive ketones (excluding diaryl/α,β-unsaturated/α-hetero) is 1. The van der Waals surface area contributed by atoms with Crippen molar-refractivity contribution >= 4 is 11.8 Å². The van der Waals surface area contributed by atoms with E-state index in [0.29, 0.717) is 24.2 Å². The van der Waals surface area contributed by atoms with Crippen LogP contribution in [0, 0.1) is 31.5 Å². The second-order valence-corrected chi connectivity index (χ2v) is 8.54. The quantitative estimate of drug-likeness (QED) is 0.529. The summed E-state index contributed by atoms with van der Waals surface area (Å²) in [7, 11) is 0. The summed E-state index contributed by atoms with van der Waals surface area (Å²) in [5.41, 5.74) is 2.01. The van der Waals surface area contributed by atoms with Crippen LogP contribution in [0.5, 0.6) is 5.75 Å². The number of halogens is 1. The van der Waals surface area contributed by atoms with Gasteiger partial charge in [0.25, 0.3) is 0 Å². The molecule has 162 valence electrons. The van der Waals surface area contributed by atoms with Crippen molar-refractivity contribution in [2.24, 2.45) is 11.8 Å². The van der Waals surface area contributed by atoms with Crippen molar-refractivity contribution < 1.29 is 23.8 Å². The molecule has 0 heterocycles. The highest BCUT2D eigenvalue weighted by molar-refractivity contribution is 5.98. The average molecular weight is 415 g/mol. The maximum Gasteiger partial charge on any atom is 0.347 e. The average Bonchev–Trinajstić information content (AvgIpc) is 2.65. The monoisotopic (exact) mass is 414 g/mol. The number of hydrogen-bond acceptors (Lipinski definition) is 3. The Morgan fingerprint density at radius 2 is 1.63 bits per heavy atom. The topological polar surface area (TPSA) is 63.6 Å². The molecule has 0 amide bonds. The number of hydrogen-bond donors (Lipinski definition) is 1. The molecule has 0 aromatic heterocycles. The molecule has 0 aliphatic heterocycles. The molecule has 0 aliphatic rings.